The van der Waals surface area contributed by atoms with E-state index in [9.17, 15) is 4.79 Å². The fourth-order valence-electron chi connectivity index (χ4n) is 1.94. The van der Waals surface area contributed by atoms with E-state index >= 15 is 0 Å². The van der Waals surface area contributed by atoms with Crippen molar-refractivity contribution < 1.29 is 23.4 Å². The lowest BCUT2D eigenvalue weighted by molar-refractivity contribution is 0.0600. The highest BCUT2D eigenvalue weighted by molar-refractivity contribution is 6.28. The number of carbonyl (C=O) groups excluding carboxylic acids is 1. The van der Waals surface area contributed by atoms with Crippen LogP contribution >= 0.6 is 11.6 Å². The molecule has 0 aromatic carbocycles. The van der Waals surface area contributed by atoms with Crippen molar-refractivity contribution in [2.24, 2.45) is 0 Å². The molecule has 0 spiro atoms. The van der Waals surface area contributed by atoms with Crippen molar-refractivity contribution in [1.29, 1.82) is 0 Å². The van der Waals surface area contributed by atoms with Gasteiger partial charge in [-0.2, -0.15) is 5.10 Å². The molecule has 122 valence electrons. The molecule has 0 N–H and O–H groups in total. The molecule has 3 aromatic rings. The quantitative estimate of drug-likeness (QED) is 0.526. The van der Waals surface area contributed by atoms with E-state index in [2.05, 4.69) is 15.1 Å². The van der Waals surface area contributed by atoms with Crippen LogP contribution in [0.5, 0.6) is 0 Å². The predicted octanol–water partition coefficient (Wildman–Crippen LogP) is 3.22. The van der Waals surface area contributed by atoms with E-state index in [4.69, 9.17) is 25.5 Å². The van der Waals surface area contributed by atoms with Gasteiger partial charge < -0.3 is 4.74 Å². The number of carbonyl (C=O) groups is 1. The summed E-state index contributed by atoms with van der Waals surface area (Å²) in [6.07, 6.45) is 4.78. The summed E-state index contributed by atoms with van der Waals surface area (Å²) in [6.45, 7) is 0. The summed E-state index contributed by atoms with van der Waals surface area (Å²) >= 11 is 5.83. The maximum Gasteiger partial charge on any atom is 0.341 e. The molecule has 23 heavy (non-hydrogen) atoms. The second-order valence-corrected chi connectivity index (χ2v) is 4.32. The lowest BCUT2D eigenvalue weighted by Crippen LogP contribution is -2.06. The summed E-state index contributed by atoms with van der Waals surface area (Å²) in [5.74, 6) is -0.521. The molecule has 0 unspecified atom stereocenters. The van der Waals surface area contributed by atoms with Crippen molar-refractivity contribution in [2.75, 3.05) is 7.11 Å². The largest absolute Gasteiger partial charge is 0.465 e. The minimum absolute atomic E-state index is 0. The monoisotopic (exact) mass is 346 g/mol. The number of ether oxygens (including phenoxy) is 1. The van der Waals surface area contributed by atoms with E-state index in [1.807, 2.05) is 18.2 Å². The number of rotatable bonds is 2. The molecule has 3 heterocycles. The highest BCUT2D eigenvalue weighted by Gasteiger charge is 2.19. The normalized spacial score (nSPS) is 9.57. The summed E-state index contributed by atoms with van der Waals surface area (Å²) in [5, 5.41) is 4.27. The Balaban J connectivity index is 0.000000849. The first kappa shape index (κ1) is 18.4. The number of hydrogen-bond donors (Lipinski definition) is 0. The minimum atomic E-state index is -0.521. The third-order valence-corrected chi connectivity index (χ3v) is 3.03. The van der Waals surface area contributed by atoms with Gasteiger partial charge in [0.2, 0.25) is 5.28 Å². The Hall–Kier alpha value is -2.68. The maximum absolute atomic E-state index is 11.8. The van der Waals surface area contributed by atoms with Crippen LogP contribution in [0.3, 0.4) is 0 Å². The van der Waals surface area contributed by atoms with Gasteiger partial charge in [0, 0.05) is 27.1 Å². The number of esters is 1. The van der Waals surface area contributed by atoms with Gasteiger partial charge >= 0.3 is 5.97 Å². The topological polar surface area (TPSA) is 69.4 Å². The van der Waals surface area contributed by atoms with E-state index in [0.717, 1.165) is 5.52 Å². The van der Waals surface area contributed by atoms with Crippen LogP contribution in [-0.2, 0) is 4.74 Å². The van der Waals surface area contributed by atoms with E-state index in [-0.39, 0.29) is 15.6 Å². The highest BCUT2D eigenvalue weighted by Crippen LogP contribution is 2.26. The fraction of sp³-hybridized carbons (Fsp3) is 0.0769. The summed E-state index contributed by atoms with van der Waals surface area (Å²) < 4.78 is 22.4. The third-order valence-electron chi connectivity index (χ3n) is 2.85. The van der Waals surface area contributed by atoms with Crippen LogP contribution in [0.4, 0.5) is 13.9 Å². The number of halogens is 4. The fourth-order valence-corrected chi connectivity index (χ4v) is 2.08. The van der Waals surface area contributed by atoms with Crippen molar-refractivity contribution >= 4 is 23.1 Å². The number of nitrogens with zero attached hydrogens (tertiary/aromatic N) is 4. The van der Waals surface area contributed by atoms with E-state index in [1.165, 1.54) is 13.3 Å². The number of aromatic nitrogens is 4. The molecule has 0 radical (unpaired) electrons. The Morgan fingerprint density at radius 1 is 1.30 bits per heavy atom. The summed E-state index contributed by atoms with van der Waals surface area (Å²) in [5.41, 5.74) is 2.15. The van der Waals surface area contributed by atoms with Crippen LogP contribution in [0.25, 0.3) is 16.8 Å². The number of pyridine rings is 1. The van der Waals surface area contributed by atoms with E-state index < -0.39 is 5.97 Å². The Labute approximate surface area is 132 Å². The zero-order chi connectivity index (χ0) is 16.1. The molecule has 0 aliphatic carbocycles. The van der Waals surface area contributed by atoms with Gasteiger partial charge in [-0.05, 0) is 23.7 Å². The highest BCUT2D eigenvalue weighted by atomic mass is 35.5. The van der Waals surface area contributed by atoms with Gasteiger partial charge in [-0.1, -0.05) is 6.07 Å². The van der Waals surface area contributed by atoms with Crippen LogP contribution < -0.4 is 0 Å². The molecule has 10 heteroatoms. The predicted molar refractivity (Wildman–Crippen MR) is 77.3 cm³/mol. The van der Waals surface area contributed by atoms with Gasteiger partial charge in [0.25, 0.3) is 0 Å². The lowest BCUT2D eigenvalue weighted by Gasteiger charge is -2.05. The van der Waals surface area contributed by atoms with Gasteiger partial charge in [0.05, 0.1) is 24.5 Å². The molecular weight excluding hydrogens is 337 g/mol. The molecular formula is C13H10ClF3N4O2. The van der Waals surface area contributed by atoms with Crippen LogP contribution in [0.2, 0.25) is 5.28 Å². The molecule has 3 aromatic heterocycles. The summed E-state index contributed by atoms with van der Waals surface area (Å²) in [4.78, 5) is 19.8. The van der Waals surface area contributed by atoms with Crippen molar-refractivity contribution in [3.8, 4) is 11.3 Å². The van der Waals surface area contributed by atoms with Crippen molar-refractivity contribution in [1.82, 2.24) is 19.6 Å². The number of methoxy groups -OCH3 is 1. The molecule has 0 saturated heterocycles. The van der Waals surface area contributed by atoms with Gasteiger partial charge in [-0.3, -0.25) is 4.70 Å². The molecule has 0 amide bonds. The Bertz CT molecular complexity index is 813. The molecule has 0 atom stereocenters. The van der Waals surface area contributed by atoms with Crippen molar-refractivity contribution in [2.45, 2.75) is 0 Å². The van der Waals surface area contributed by atoms with Crippen LogP contribution in [0.1, 0.15) is 10.4 Å². The average Bonchev–Trinajstić information content (AvgIpc) is 3.00. The van der Waals surface area contributed by atoms with Gasteiger partial charge in [0.1, 0.15) is 5.56 Å². The van der Waals surface area contributed by atoms with Crippen LogP contribution in [0, 0.1) is 0 Å². The molecule has 6 nitrogen and oxygen atoms in total. The average molecular weight is 347 g/mol. The first-order valence-corrected chi connectivity index (χ1v) is 6.26. The number of fused-ring (bicyclic) bond motifs is 1. The zero-order valence-corrected chi connectivity index (χ0v) is 12.4. The molecule has 0 fully saturated rings. The lowest BCUT2D eigenvalue weighted by atomic mass is 10.1. The second kappa shape index (κ2) is 8.08. The van der Waals surface area contributed by atoms with E-state index in [0.29, 0.717) is 11.3 Å². The Kier molecular flexibility index (Phi) is 6.46. The minimum Gasteiger partial charge on any atom is -0.465 e. The number of hydrogen-bond acceptors (Lipinski definition) is 5. The van der Waals surface area contributed by atoms with E-state index in [1.54, 1.807) is 16.9 Å². The third kappa shape index (κ3) is 3.57. The zero-order valence-electron chi connectivity index (χ0n) is 11.6. The van der Waals surface area contributed by atoms with Gasteiger partial charge in [-0.15, -0.1) is 0 Å². The Morgan fingerprint density at radius 3 is 2.74 bits per heavy atom. The molecule has 0 saturated carbocycles. The molecule has 0 bridgehead atoms. The van der Waals surface area contributed by atoms with Gasteiger partial charge in [0.15, 0.2) is 0 Å². The standard InChI is InChI=1S/C13H9ClN4O2.F2.FH/c1-20-12(19)9-6-15-13(14)17-11(9)8-7-16-18-5-3-2-4-10(8)18;1-2;/h2-7H,1H3;;1H. The SMILES string of the molecule is COC(=O)c1cnc(Cl)nc1-c1cnn2ccccc12.F.FF. The molecule has 0 aliphatic heterocycles. The van der Waals surface area contributed by atoms with Crippen molar-refractivity contribution in [3.63, 3.8) is 0 Å². The molecule has 0 aliphatic rings. The first-order valence-electron chi connectivity index (χ1n) is 5.88. The summed E-state index contributed by atoms with van der Waals surface area (Å²) in [7, 11) is 1.30. The second-order valence-electron chi connectivity index (χ2n) is 3.98. The van der Waals surface area contributed by atoms with Crippen LogP contribution in [-0.4, -0.2) is 32.7 Å². The van der Waals surface area contributed by atoms with Crippen LogP contribution in [0.15, 0.2) is 36.8 Å². The smallest absolute Gasteiger partial charge is 0.341 e. The Morgan fingerprint density at radius 2 is 2.04 bits per heavy atom. The van der Waals surface area contributed by atoms with Crippen molar-refractivity contribution in [3.05, 3.63) is 47.6 Å². The maximum atomic E-state index is 11.8. The van der Waals surface area contributed by atoms with Gasteiger partial charge in [-0.25, -0.2) is 19.3 Å². The molecule has 3 rings (SSSR count). The summed E-state index contributed by atoms with van der Waals surface area (Å²) in [6, 6.07) is 5.61. The first-order chi connectivity index (χ1) is 10.7.